The lowest BCUT2D eigenvalue weighted by Crippen LogP contribution is -2.17. The molecule has 86 valence electrons. The van der Waals surface area contributed by atoms with Gasteiger partial charge in [0.15, 0.2) is 0 Å². The normalized spacial score (nSPS) is 12.7. The van der Waals surface area contributed by atoms with Gasteiger partial charge in [0.1, 0.15) is 0 Å². The molecule has 1 unspecified atom stereocenters. The maximum atomic E-state index is 10.8. The molecule has 0 heterocycles. The molecule has 0 saturated heterocycles. The zero-order valence-corrected chi connectivity index (χ0v) is 9.95. The zero-order valence-electron chi connectivity index (χ0n) is 9.95. The van der Waals surface area contributed by atoms with Gasteiger partial charge in [-0.15, -0.1) is 0 Å². The molecule has 0 spiro atoms. The maximum Gasteiger partial charge on any atom is 0.221 e. The summed E-state index contributed by atoms with van der Waals surface area (Å²) in [5.74, 6) is -0.0490. The van der Waals surface area contributed by atoms with Crippen LogP contribution in [-0.2, 0) is 4.79 Å². The number of benzene rings is 1. The molecule has 1 amide bonds. The number of hydrogen-bond acceptors (Lipinski definition) is 2. The molecule has 0 radical (unpaired) electrons. The molecule has 0 aliphatic heterocycles. The van der Waals surface area contributed by atoms with Crippen LogP contribution < -0.4 is 10.6 Å². The highest BCUT2D eigenvalue weighted by molar-refractivity contribution is 5.88. The molecule has 1 atom stereocenters. The molecule has 3 nitrogen and oxygen atoms in total. The Labute approximate surface area is 96.6 Å². The van der Waals surface area contributed by atoms with Crippen molar-refractivity contribution in [3.8, 4) is 0 Å². The first-order chi connectivity index (χ1) is 7.61. The first-order valence-corrected chi connectivity index (χ1v) is 5.35. The van der Waals surface area contributed by atoms with E-state index in [1.54, 1.807) is 0 Å². The van der Waals surface area contributed by atoms with Crippen molar-refractivity contribution in [1.82, 2.24) is 5.32 Å². The van der Waals surface area contributed by atoms with Crippen molar-refractivity contribution in [3.63, 3.8) is 0 Å². The van der Waals surface area contributed by atoms with Crippen molar-refractivity contribution in [2.75, 3.05) is 12.4 Å². The summed E-state index contributed by atoms with van der Waals surface area (Å²) in [4.78, 5) is 10.8. The summed E-state index contributed by atoms with van der Waals surface area (Å²) in [5.41, 5.74) is 1.95. The van der Waals surface area contributed by atoms with Crippen LogP contribution in [0.1, 0.15) is 19.4 Å². The van der Waals surface area contributed by atoms with Crippen LogP contribution in [0.4, 0.5) is 5.69 Å². The third-order valence-corrected chi connectivity index (χ3v) is 2.26. The number of likely N-dealkylation sites (N-methyl/N-ethyl adjacent to an activating group) is 1. The van der Waals surface area contributed by atoms with Crippen LogP contribution in [0.5, 0.6) is 0 Å². The lowest BCUT2D eigenvalue weighted by Gasteiger charge is -2.04. The van der Waals surface area contributed by atoms with Crippen molar-refractivity contribution >= 4 is 17.7 Å². The lowest BCUT2D eigenvalue weighted by atomic mass is 10.1. The fourth-order valence-corrected chi connectivity index (χ4v) is 1.23. The Balaban J connectivity index is 2.64. The summed E-state index contributed by atoms with van der Waals surface area (Å²) in [6.45, 7) is 3.59. The fraction of sp³-hybridized carbons (Fsp3) is 0.308. The Morgan fingerprint density at radius 1 is 1.31 bits per heavy atom. The first kappa shape index (κ1) is 12.5. The second-order valence-corrected chi connectivity index (χ2v) is 3.74. The number of carbonyl (C=O) groups excluding carboxylic acids is 1. The Bertz CT molecular complexity index is 368. The lowest BCUT2D eigenvalue weighted by molar-refractivity contribution is -0.114. The smallest absolute Gasteiger partial charge is 0.221 e. The Kier molecular flexibility index (Phi) is 4.73. The van der Waals surface area contributed by atoms with E-state index < -0.39 is 0 Å². The average molecular weight is 218 g/mol. The second-order valence-electron chi connectivity index (χ2n) is 3.74. The van der Waals surface area contributed by atoms with E-state index in [9.17, 15) is 4.79 Å². The number of anilines is 1. The summed E-state index contributed by atoms with van der Waals surface area (Å²) in [6, 6.07) is 8.10. The van der Waals surface area contributed by atoms with Crippen molar-refractivity contribution in [3.05, 3.63) is 35.9 Å². The standard InChI is InChI=1S/C13H18N2O/c1-10(14-3)4-5-12-6-8-13(9-7-12)15-11(2)16/h4-10,14H,1-3H3,(H,15,16)/b5-4+. The van der Waals surface area contributed by atoms with E-state index in [4.69, 9.17) is 0 Å². The van der Waals surface area contributed by atoms with Crippen molar-refractivity contribution in [2.45, 2.75) is 19.9 Å². The molecule has 0 fully saturated rings. The second kappa shape index (κ2) is 6.08. The number of amides is 1. The van der Waals surface area contributed by atoms with Gasteiger partial charge < -0.3 is 10.6 Å². The molecule has 16 heavy (non-hydrogen) atoms. The van der Waals surface area contributed by atoms with Gasteiger partial charge in [0.25, 0.3) is 0 Å². The summed E-state index contributed by atoms with van der Waals surface area (Å²) < 4.78 is 0. The number of hydrogen-bond donors (Lipinski definition) is 2. The fourth-order valence-electron chi connectivity index (χ4n) is 1.23. The summed E-state index contributed by atoms with van der Waals surface area (Å²) in [5, 5.41) is 5.86. The van der Waals surface area contributed by atoms with Gasteiger partial charge in [0.05, 0.1) is 0 Å². The van der Waals surface area contributed by atoms with E-state index in [1.807, 2.05) is 31.3 Å². The Morgan fingerprint density at radius 2 is 1.94 bits per heavy atom. The molecule has 0 bridgehead atoms. The van der Waals surface area contributed by atoms with Gasteiger partial charge in [-0.05, 0) is 31.7 Å². The van der Waals surface area contributed by atoms with Gasteiger partial charge in [0, 0.05) is 18.7 Å². The molecule has 2 N–H and O–H groups in total. The highest BCUT2D eigenvalue weighted by atomic mass is 16.1. The number of rotatable bonds is 4. The number of carbonyl (C=O) groups is 1. The van der Waals surface area contributed by atoms with E-state index in [1.165, 1.54) is 6.92 Å². The molecule has 0 aliphatic rings. The van der Waals surface area contributed by atoms with Crippen LogP contribution in [0.15, 0.2) is 30.3 Å². The molecule has 0 saturated carbocycles. The molecule has 3 heteroatoms. The van der Waals surface area contributed by atoms with Gasteiger partial charge in [-0.2, -0.15) is 0 Å². The van der Waals surface area contributed by atoms with Crippen LogP contribution >= 0.6 is 0 Å². The summed E-state index contributed by atoms with van der Waals surface area (Å²) in [7, 11) is 1.93. The third kappa shape index (κ3) is 4.28. The van der Waals surface area contributed by atoms with Gasteiger partial charge in [-0.25, -0.2) is 0 Å². The minimum atomic E-state index is -0.0490. The van der Waals surface area contributed by atoms with Crippen LogP contribution in [0.2, 0.25) is 0 Å². The highest BCUT2D eigenvalue weighted by Gasteiger charge is 1.95. The van der Waals surface area contributed by atoms with Crippen molar-refractivity contribution in [1.29, 1.82) is 0 Å². The van der Waals surface area contributed by atoms with E-state index >= 15 is 0 Å². The predicted octanol–water partition coefficient (Wildman–Crippen LogP) is 2.27. The third-order valence-electron chi connectivity index (χ3n) is 2.26. The van der Waals surface area contributed by atoms with Crippen LogP contribution in [-0.4, -0.2) is 19.0 Å². The predicted molar refractivity (Wildman–Crippen MR) is 68.3 cm³/mol. The Hall–Kier alpha value is -1.61. The minimum Gasteiger partial charge on any atom is -0.326 e. The van der Waals surface area contributed by atoms with Gasteiger partial charge in [-0.1, -0.05) is 24.3 Å². The maximum absolute atomic E-state index is 10.8. The molecular formula is C13H18N2O. The molecule has 0 aliphatic carbocycles. The first-order valence-electron chi connectivity index (χ1n) is 5.35. The van der Waals surface area contributed by atoms with E-state index in [0.717, 1.165) is 11.3 Å². The summed E-state index contributed by atoms with van der Waals surface area (Å²) in [6.07, 6.45) is 4.14. The highest BCUT2D eigenvalue weighted by Crippen LogP contribution is 2.10. The van der Waals surface area contributed by atoms with Crippen molar-refractivity contribution < 1.29 is 4.79 Å². The molecular weight excluding hydrogens is 200 g/mol. The van der Waals surface area contributed by atoms with Crippen LogP contribution in [0, 0.1) is 0 Å². The zero-order chi connectivity index (χ0) is 12.0. The Morgan fingerprint density at radius 3 is 2.44 bits per heavy atom. The van der Waals surface area contributed by atoms with E-state index in [0.29, 0.717) is 6.04 Å². The van der Waals surface area contributed by atoms with Gasteiger partial charge in [0.2, 0.25) is 5.91 Å². The van der Waals surface area contributed by atoms with Crippen LogP contribution in [0.25, 0.3) is 6.08 Å². The van der Waals surface area contributed by atoms with Crippen LogP contribution in [0.3, 0.4) is 0 Å². The van der Waals surface area contributed by atoms with Gasteiger partial charge >= 0.3 is 0 Å². The molecule has 1 aromatic carbocycles. The molecule has 0 aromatic heterocycles. The van der Waals surface area contributed by atoms with Crippen molar-refractivity contribution in [2.24, 2.45) is 0 Å². The molecule has 1 aromatic rings. The van der Waals surface area contributed by atoms with E-state index in [2.05, 4.69) is 29.7 Å². The topological polar surface area (TPSA) is 41.1 Å². The van der Waals surface area contributed by atoms with Gasteiger partial charge in [-0.3, -0.25) is 4.79 Å². The largest absolute Gasteiger partial charge is 0.326 e. The quantitative estimate of drug-likeness (QED) is 0.814. The average Bonchev–Trinajstić information content (AvgIpc) is 2.27. The monoisotopic (exact) mass is 218 g/mol. The number of nitrogens with one attached hydrogen (secondary N) is 2. The minimum absolute atomic E-state index is 0.0490. The van der Waals surface area contributed by atoms with E-state index in [-0.39, 0.29) is 5.91 Å². The molecule has 1 rings (SSSR count). The SMILES string of the molecule is CNC(C)/C=C/c1ccc(NC(C)=O)cc1. The summed E-state index contributed by atoms with van der Waals surface area (Å²) >= 11 is 0.